The predicted molar refractivity (Wildman–Crippen MR) is 292 cm³/mol. The third-order valence-electron chi connectivity index (χ3n) is 14.6. The van der Waals surface area contributed by atoms with Gasteiger partial charge in [0.05, 0.1) is 25.0 Å². The van der Waals surface area contributed by atoms with Crippen LogP contribution >= 0.6 is 0 Å². The first kappa shape index (κ1) is 65.9. The van der Waals surface area contributed by atoms with E-state index in [9.17, 15) is 14.7 Å². The number of carbonyl (C=O) groups excluding carboxylic acids is 2. The van der Waals surface area contributed by atoms with Crippen LogP contribution in [0.4, 0.5) is 0 Å². The Balaban J connectivity index is 3.93. The maximum absolute atomic E-state index is 13.0. The van der Waals surface area contributed by atoms with Crippen molar-refractivity contribution < 1.29 is 24.2 Å². The molecule has 0 heterocycles. The lowest BCUT2D eigenvalue weighted by Crippen LogP contribution is -2.27. The lowest BCUT2D eigenvalue weighted by atomic mass is 9.94. The molecule has 0 bridgehead atoms. The van der Waals surface area contributed by atoms with Crippen molar-refractivity contribution >= 4 is 11.9 Å². The minimum atomic E-state index is 0.0827. The number of carbonyl (C=O) groups is 2. The Hall–Kier alpha value is -1.14. The predicted octanol–water partition coefficient (Wildman–Crippen LogP) is 19.0. The summed E-state index contributed by atoms with van der Waals surface area (Å²) in [7, 11) is 0. The minimum Gasteiger partial charge on any atom is -0.465 e. The molecule has 1 N–H and O–H groups in total. The van der Waals surface area contributed by atoms with Gasteiger partial charge in [-0.25, -0.2) is 0 Å². The van der Waals surface area contributed by atoms with Crippen molar-refractivity contribution in [1.82, 2.24) is 4.90 Å². The number of esters is 2. The van der Waals surface area contributed by atoms with Crippen LogP contribution in [0.2, 0.25) is 0 Å². The van der Waals surface area contributed by atoms with Crippen LogP contribution in [-0.4, -0.2) is 61.4 Å². The molecule has 67 heavy (non-hydrogen) atoms. The van der Waals surface area contributed by atoms with Crippen molar-refractivity contribution in [3.8, 4) is 0 Å². The molecule has 0 saturated heterocycles. The molecule has 6 heteroatoms. The van der Waals surface area contributed by atoms with Crippen LogP contribution < -0.4 is 0 Å². The number of hydrogen-bond acceptors (Lipinski definition) is 6. The summed E-state index contributed by atoms with van der Waals surface area (Å²) >= 11 is 0. The second kappa shape index (κ2) is 55.8. The molecule has 400 valence electrons. The van der Waals surface area contributed by atoms with Gasteiger partial charge in [0.25, 0.3) is 0 Å². The first-order valence-corrected chi connectivity index (χ1v) is 30.7. The number of unbranched alkanes of at least 4 members (excludes halogenated alkanes) is 36. The number of aliphatic hydroxyl groups is 1. The molecule has 0 aliphatic heterocycles. The van der Waals surface area contributed by atoms with Crippen molar-refractivity contribution in [3.63, 3.8) is 0 Å². The quantitative estimate of drug-likeness (QED) is 0.0484. The van der Waals surface area contributed by atoms with Gasteiger partial charge in [0, 0.05) is 13.2 Å². The fraction of sp³-hybridized carbons (Fsp3) is 0.967. The van der Waals surface area contributed by atoms with E-state index in [2.05, 4.69) is 32.6 Å². The lowest BCUT2D eigenvalue weighted by Gasteiger charge is -2.22. The molecular formula is C61H121NO5. The highest BCUT2D eigenvalue weighted by Gasteiger charge is 2.20. The van der Waals surface area contributed by atoms with Gasteiger partial charge in [-0.3, -0.25) is 9.59 Å². The maximum Gasteiger partial charge on any atom is 0.308 e. The van der Waals surface area contributed by atoms with E-state index in [1.165, 1.54) is 270 Å². The Morgan fingerprint density at radius 1 is 0.313 bits per heavy atom. The molecule has 0 amide bonds. The summed E-state index contributed by atoms with van der Waals surface area (Å²) in [6.07, 6.45) is 58.5. The molecule has 0 aliphatic rings. The highest BCUT2D eigenvalue weighted by Crippen LogP contribution is 2.23. The molecule has 0 rings (SSSR count). The average molecular weight is 949 g/mol. The number of aliphatic hydroxyl groups excluding tert-OH is 1. The number of ether oxygens (including phenoxy) is 2. The SMILES string of the molecule is CCCCCCCCC(CCCCCC)C(=O)OCCCCCCCCCCCCN(CCCO)CCCCCCCCCCCCOC(=O)C(CCCCCCCC)CCCCCCCC. The molecular weight excluding hydrogens is 827 g/mol. The minimum absolute atomic E-state index is 0.0827. The molecule has 0 aromatic rings. The van der Waals surface area contributed by atoms with E-state index < -0.39 is 0 Å². The zero-order valence-electron chi connectivity index (χ0n) is 46.2. The second-order valence-electron chi connectivity index (χ2n) is 21.2. The van der Waals surface area contributed by atoms with E-state index in [0.29, 0.717) is 19.8 Å². The van der Waals surface area contributed by atoms with Gasteiger partial charge in [0.2, 0.25) is 0 Å². The van der Waals surface area contributed by atoms with Crippen molar-refractivity contribution in [1.29, 1.82) is 0 Å². The molecule has 0 aliphatic carbocycles. The van der Waals surface area contributed by atoms with Crippen LogP contribution in [0.5, 0.6) is 0 Å². The van der Waals surface area contributed by atoms with Crippen LogP contribution in [0.1, 0.15) is 329 Å². The molecule has 0 saturated carbocycles. The van der Waals surface area contributed by atoms with Gasteiger partial charge < -0.3 is 19.5 Å². The van der Waals surface area contributed by atoms with Gasteiger partial charge in [-0.15, -0.1) is 0 Å². The molecule has 0 fully saturated rings. The average Bonchev–Trinajstić information content (AvgIpc) is 3.33. The zero-order chi connectivity index (χ0) is 48.8. The van der Waals surface area contributed by atoms with E-state index in [1.807, 2.05) is 0 Å². The van der Waals surface area contributed by atoms with Gasteiger partial charge in [0.1, 0.15) is 0 Å². The Bertz CT molecular complexity index is 959. The monoisotopic (exact) mass is 948 g/mol. The second-order valence-corrected chi connectivity index (χ2v) is 21.2. The molecule has 0 spiro atoms. The zero-order valence-corrected chi connectivity index (χ0v) is 46.2. The normalized spacial score (nSPS) is 12.2. The van der Waals surface area contributed by atoms with Gasteiger partial charge in [-0.2, -0.15) is 0 Å². The maximum atomic E-state index is 13.0. The highest BCUT2D eigenvalue weighted by molar-refractivity contribution is 5.72. The first-order valence-electron chi connectivity index (χ1n) is 30.7. The topological polar surface area (TPSA) is 76.1 Å². The van der Waals surface area contributed by atoms with E-state index in [1.54, 1.807) is 0 Å². The van der Waals surface area contributed by atoms with Gasteiger partial charge >= 0.3 is 11.9 Å². The summed E-state index contributed by atoms with van der Waals surface area (Å²) in [5.74, 6) is 0.411. The Morgan fingerprint density at radius 3 is 0.821 bits per heavy atom. The number of nitrogens with zero attached hydrogens (tertiary/aromatic N) is 1. The van der Waals surface area contributed by atoms with E-state index in [4.69, 9.17) is 9.47 Å². The van der Waals surface area contributed by atoms with Crippen molar-refractivity contribution in [3.05, 3.63) is 0 Å². The summed E-state index contributed by atoms with van der Waals surface area (Å²) in [5.41, 5.74) is 0. The fourth-order valence-electron chi connectivity index (χ4n) is 10.0. The summed E-state index contributed by atoms with van der Waals surface area (Å²) in [6.45, 7) is 14.0. The van der Waals surface area contributed by atoms with E-state index >= 15 is 0 Å². The molecule has 1 unspecified atom stereocenters. The van der Waals surface area contributed by atoms with Gasteiger partial charge in [-0.05, 0) is 70.9 Å². The first-order chi connectivity index (χ1) is 33.0. The molecule has 1 atom stereocenters. The molecule has 0 aromatic heterocycles. The third-order valence-corrected chi connectivity index (χ3v) is 14.6. The summed E-state index contributed by atoms with van der Waals surface area (Å²) in [6, 6.07) is 0. The summed E-state index contributed by atoms with van der Waals surface area (Å²) < 4.78 is 11.7. The van der Waals surface area contributed by atoms with Gasteiger partial charge in [-0.1, -0.05) is 272 Å². The van der Waals surface area contributed by atoms with E-state index in [0.717, 1.165) is 51.5 Å². The third kappa shape index (κ3) is 48.3. The van der Waals surface area contributed by atoms with Crippen LogP contribution in [0.25, 0.3) is 0 Å². The van der Waals surface area contributed by atoms with Crippen LogP contribution in [0.3, 0.4) is 0 Å². The standard InChI is InChI=1S/C61H121NO5/c1-5-9-13-17-32-40-49-58(48-39-16-12-8-4)60(64)66-56-45-37-30-26-22-20-24-28-35-43-52-62(54-47-55-63)53-44-36-29-25-21-23-27-31-38-46-57-67-61(65)59(50-41-33-18-14-10-6-2)51-42-34-19-15-11-7-3/h58-59,63H,5-57H2,1-4H3. The van der Waals surface area contributed by atoms with Crippen LogP contribution in [0.15, 0.2) is 0 Å². The Morgan fingerprint density at radius 2 is 0.537 bits per heavy atom. The van der Waals surface area contributed by atoms with E-state index in [-0.39, 0.29) is 23.8 Å². The van der Waals surface area contributed by atoms with Crippen molar-refractivity contribution in [2.75, 3.05) is 39.5 Å². The van der Waals surface area contributed by atoms with Crippen molar-refractivity contribution in [2.45, 2.75) is 329 Å². The fourth-order valence-corrected chi connectivity index (χ4v) is 10.0. The molecule has 0 radical (unpaired) electrons. The van der Waals surface area contributed by atoms with Gasteiger partial charge in [0.15, 0.2) is 0 Å². The number of hydrogen-bond donors (Lipinski definition) is 1. The Labute approximate surface area is 420 Å². The van der Waals surface area contributed by atoms with Crippen LogP contribution in [0, 0.1) is 11.8 Å². The molecule has 0 aromatic carbocycles. The summed E-state index contributed by atoms with van der Waals surface area (Å²) in [4.78, 5) is 28.5. The smallest absolute Gasteiger partial charge is 0.308 e. The highest BCUT2D eigenvalue weighted by atomic mass is 16.5. The largest absolute Gasteiger partial charge is 0.465 e. The Kier molecular flexibility index (Phi) is 54.8. The van der Waals surface area contributed by atoms with Crippen molar-refractivity contribution in [2.24, 2.45) is 11.8 Å². The van der Waals surface area contributed by atoms with Crippen LogP contribution in [-0.2, 0) is 19.1 Å². The summed E-state index contributed by atoms with van der Waals surface area (Å²) in [5, 5.41) is 9.47. The molecule has 6 nitrogen and oxygen atoms in total. The lowest BCUT2D eigenvalue weighted by molar-refractivity contribution is -0.150. The number of rotatable bonds is 57.